The smallest absolute Gasteiger partial charge is 0.347 e. The summed E-state index contributed by atoms with van der Waals surface area (Å²) in [6, 6.07) is 0. The average molecular weight is 297 g/mol. The Balaban J connectivity index is 2.34. The van der Waals surface area contributed by atoms with Crippen molar-refractivity contribution in [1.82, 2.24) is 4.98 Å². The summed E-state index contributed by atoms with van der Waals surface area (Å²) in [7, 11) is 0. The number of aromatic carboxylic acids is 1. The van der Waals surface area contributed by atoms with Gasteiger partial charge in [-0.3, -0.25) is 0 Å². The van der Waals surface area contributed by atoms with Gasteiger partial charge in [-0.1, -0.05) is 13.8 Å². The number of aryl methyl sites for hydroxylation is 1. The summed E-state index contributed by atoms with van der Waals surface area (Å²) in [4.78, 5) is 16.1. The zero-order chi connectivity index (χ0) is 15.0. The Labute approximate surface area is 124 Å². The summed E-state index contributed by atoms with van der Waals surface area (Å²) in [5.41, 5.74) is 0.553. The molecule has 1 aromatic heterocycles. The molecular formula is C15H23NO3S. The fourth-order valence-corrected chi connectivity index (χ4v) is 3.92. The second-order valence-electron chi connectivity index (χ2n) is 6.33. The Morgan fingerprint density at radius 2 is 1.95 bits per heavy atom. The van der Waals surface area contributed by atoms with E-state index in [1.165, 1.54) is 11.3 Å². The van der Waals surface area contributed by atoms with Crippen molar-refractivity contribution in [2.75, 3.05) is 6.61 Å². The highest BCUT2D eigenvalue weighted by atomic mass is 32.1. The number of thiazole rings is 1. The first kappa shape index (κ1) is 15.4. The van der Waals surface area contributed by atoms with Gasteiger partial charge in [0.2, 0.25) is 0 Å². The van der Waals surface area contributed by atoms with Crippen LogP contribution >= 0.6 is 11.3 Å². The fourth-order valence-electron chi connectivity index (χ4n) is 2.82. The molecule has 0 aromatic carbocycles. The van der Waals surface area contributed by atoms with Crippen molar-refractivity contribution in [2.45, 2.75) is 59.0 Å². The van der Waals surface area contributed by atoms with Crippen LogP contribution in [0, 0.1) is 12.3 Å². The second kappa shape index (κ2) is 5.45. The Morgan fingerprint density at radius 3 is 2.40 bits per heavy atom. The average Bonchev–Trinajstić information content (AvgIpc) is 2.75. The predicted molar refractivity (Wildman–Crippen MR) is 79.4 cm³/mol. The lowest BCUT2D eigenvalue weighted by Gasteiger charge is -2.42. The van der Waals surface area contributed by atoms with E-state index in [4.69, 9.17) is 4.74 Å². The molecule has 20 heavy (non-hydrogen) atoms. The zero-order valence-electron chi connectivity index (χ0n) is 12.7. The fraction of sp³-hybridized carbons (Fsp3) is 0.733. The van der Waals surface area contributed by atoms with Crippen LogP contribution in [0.2, 0.25) is 0 Å². The van der Waals surface area contributed by atoms with Crippen LogP contribution < -0.4 is 0 Å². The number of aromatic nitrogens is 1. The molecule has 4 nitrogen and oxygen atoms in total. The molecule has 1 aliphatic rings. The minimum Gasteiger partial charge on any atom is -0.477 e. The maximum atomic E-state index is 11.2. The van der Waals surface area contributed by atoms with Gasteiger partial charge < -0.3 is 9.84 Å². The van der Waals surface area contributed by atoms with E-state index in [1.807, 2.05) is 6.92 Å². The normalized spacial score (nSPS) is 20.8. The highest BCUT2D eigenvalue weighted by molar-refractivity contribution is 7.13. The van der Waals surface area contributed by atoms with Crippen molar-refractivity contribution >= 4 is 17.3 Å². The summed E-state index contributed by atoms with van der Waals surface area (Å²) in [5, 5.41) is 10.0. The number of carboxylic acids is 1. The van der Waals surface area contributed by atoms with Gasteiger partial charge in [0.05, 0.1) is 5.69 Å². The number of hydrogen-bond donors (Lipinski definition) is 1. The number of hydrogen-bond acceptors (Lipinski definition) is 4. The molecule has 1 heterocycles. The van der Waals surface area contributed by atoms with Gasteiger partial charge in [-0.25, -0.2) is 9.78 Å². The second-order valence-corrected chi connectivity index (χ2v) is 7.33. The van der Waals surface area contributed by atoms with E-state index >= 15 is 0 Å². The first-order chi connectivity index (χ1) is 9.30. The molecule has 0 saturated heterocycles. The van der Waals surface area contributed by atoms with Gasteiger partial charge >= 0.3 is 5.97 Å². The van der Waals surface area contributed by atoms with Crippen molar-refractivity contribution in [3.05, 3.63) is 15.6 Å². The maximum Gasteiger partial charge on any atom is 0.347 e. The minimum absolute atomic E-state index is 0.336. The third kappa shape index (κ3) is 2.88. The molecule has 5 heteroatoms. The molecule has 0 bridgehead atoms. The van der Waals surface area contributed by atoms with Gasteiger partial charge in [0, 0.05) is 6.61 Å². The number of nitrogens with zero attached hydrogens (tertiary/aromatic N) is 1. The maximum absolute atomic E-state index is 11.2. The van der Waals surface area contributed by atoms with Gasteiger partial charge in [-0.2, -0.15) is 0 Å². The Morgan fingerprint density at radius 1 is 1.35 bits per heavy atom. The van der Waals surface area contributed by atoms with E-state index in [-0.39, 0.29) is 5.60 Å². The zero-order valence-corrected chi connectivity index (χ0v) is 13.5. The Kier molecular flexibility index (Phi) is 4.21. The number of carbonyl (C=O) groups is 1. The molecule has 112 valence electrons. The molecule has 0 atom stereocenters. The number of ether oxygens (including phenoxy) is 1. The van der Waals surface area contributed by atoms with E-state index in [9.17, 15) is 9.90 Å². The largest absolute Gasteiger partial charge is 0.477 e. The van der Waals surface area contributed by atoms with Gasteiger partial charge in [0.25, 0.3) is 0 Å². The molecule has 1 N–H and O–H groups in total. The van der Waals surface area contributed by atoms with E-state index in [1.54, 1.807) is 6.92 Å². The quantitative estimate of drug-likeness (QED) is 0.913. The SMILES string of the molecule is CCOC1(c2nc(C)c(C(=O)O)s2)CCC(C)(C)CC1. The molecule has 1 aliphatic carbocycles. The summed E-state index contributed by atoms with van der Waals surface area (Å²) >= 11 is 1.28. The molecule has 1 aromatic rings. The number of carboxylic acid groups (broad SMARTS) is 1. The third-order valence-corrected chi connectivity index (χ3v) is 5.54. The van der Waals surface area contributed by atoms with Crippen LogP contribution in [0.5, 0.6) is 0 Å². The van der Waals surface area contributed by atoms with Crippen LogP contribution in [0.3, 0.4) is 0 Å². The van der Waals surface area contributed by atoms with Crippen molar-refractivity contribution in [3.63, 3.8) is 0 Å². The first-order valence-corrected chi connectivity index (χ1v) is 7.96. The van der Waals surface area contributed by atoms with Gasteiger partial charge in [-0.05, 0) is 44.9 Å². The molecule has 2 rings (SSSR count). The van der Waals surface area contributed by atoms with Crippen molar-refractivity contribution in [3.8, 4) is 0 Å². The molecule has 0 unspecified atom stereocenters. The molecular weight excluding hydrogens is 274 g/mol. The van der Waals surface area contributed by atoms with Crippen molar-refractivity contribution in [2.24, 2.45) is 5.41 Å². The molecule has 0 radical (unpaired) electrons. The summed E-state index contributed by atoms with van der Waals surface area (Å²) in [5.74, 6) is -0.894. The van der Waals surface area contributed by atoms with Crippen LogP contribution in [0.25, 0.3) is 0 Å². The highest BCUT2D eigenvalue weighted by Gasteiger charge is 2.43. The van der Waals surface area contributed by atoms with Crippen LogP contribution in [-0.4, -0.2) is 22.7 Å². The lowest BCUT2D eigenvalue weighted by molar-refractivity contribution is -0.0890. The Bertz CT molecular complexity index is 497. The summed E-state index contributed by atoms with van der Waals surface area (Å²) in [6.07, 6.45) is 3.99. The van der Waals surface area contributed by atoms with Crippen LogP contribution in [0.4, 0.5) is 0 Å². The van der Waals surface area contributed by atoms with E-state index in [0.29, 0.717) is 22.6 Å². The predicted octanol–water partition coefficient (Wildman–Crippen LogP) is 3.98. The van der Waals surface area contributed by atoms with Gasteiger partial charge in [0.1, 0.15) is 15.5 Å². The van der Waals surface area contributed by atoms with Crippen LogP contribution in [0.1, 0.15) is 66.8 Å². The third-order valence-electron chi connectivity index (χ3n) is 4.21. The Hall–Kier alpha value is -0.940. The van der Waals surface area contributed by atoms with Crippen LogP contribution in [-0.2, 0) is 10.3 Å². The van der Waals surface area contributed by atoms with Gasteiger partial charge in [0.15, 0.2) is 0 Å². The molecule has 1 saturated carbocycles. The number of rotatable bonds is 4. The lowest BCUT2D eigenvalue weighted by Crippen LogP contribution is -2.37. The summed E-state index contributed by atoms with van der Waals surface area (Å²) < 4.78 is 6.05. The molecule has 0 amide bonds. The lowest BCUT2D eigenvalue weighted by atomic mass is 9.71. The van der Waals surface area contributed by atoms with E-state index in [2.05, 4.69) is 18.8 Å². The van der Waals surface area contributed by atoms with E-state index in [0.717, 1.165) is 30.7 Å². The van der Waals surface area contributed by atoms with Crippen molar-refractivity contribution in [1.29, 1.82) is 0 Å². The standard InChI is InChI=1S/C15H23NO3S/c1-5-19-15(8-6-14(3,4)7-9-15)13-16-10(2)11(20-13)12(17)18/h5-9H2,1-4H3,(H,17,18). The topological polar surface area (TPSA) is 59.4 Å². The molecule has 1 fully saturated rings. The molecule has 0 spiro atoms. The van der Waals surface area contributed by atoms with Crippen LogP contribution in [0.15, 0.2) is 0 Å². The highest BCUT2D eigenvalue weighted by Crippen LogP contribution is 2.48. The monoisotopic (exact) mass is 297 g/mol. The first-order valence-electron chi connectivity index (χ1n) is 7.15. The minimum atomic E-state index is -0.894. The van der Waals surface area contributed by atoms with Gasteiger partial charge in [-0.15, -0.1) is 11.3 Å². The summed E-state index contributed by atoms with van der Waals surface area (Å²) in [6.45, 7) is 8.93. The van der Waals surface area contributed by atoms with Crippen molar-refractivity contribution < 1.29 is 14.6 Å². The van der Waals surface area contributed by atoms with E-state index < -0.39 is 5.97 Å². The molecule has 0 aliphatic heterocycles.